The number of hydrogen-bond acceptors (Lipinski definition) is 4. The summed E-state index contributed by atoms with van der Waals surface area (Å²) < 4.78 is 5.49. The lowest BCUT2D eigenvalue weighted by molar-refractivity contribution is -0.127. The van der Waals surface area contributed by atoms with Gasteiger partial charge >= 0.3 is 0 Å². The second kappa shape index (κ2) is 10.2. The molecule has 32 heavy (non-hydrogen) atoms. The van der Waals surface area contributed by atoms with Crippen molar-refractivity contribution < 1.29 is 14.0 Å². The minimum absolute atomic E-state index is 0.0224. The van der Waals surface area contributed by atoms with E-state index in [2.05, 4.69) is 5.32 Å². The van der Waals surface area contributed by atoms with Gasteiger partial charge in [0, 0.05) is 31.9 Å². The maximum Gasteiger partial charge on any atom is 0.290 e. The molecule has 0 radical (unpaired) electrons. The van der Waals surface area contributed by atoms with Crippen LogP contribution in [0.4, 0.5) is 5.69 Å². The van der Waals surface area contributed by atoms with E-state index in [1.54, 1.807) is 12.1 Å². The van der Waals surface area contributed by atoms with Gasteiger partial charge in [0.15, 0.2) is 5.76 Å². The number of furan rings is 1. The molecule has 6 nitrogen and oxygen atoms in total. The van der Waals surface area contributed by atoms with Crippen molar-refractivity contribution in [2.24, 2.45) is 0 Å². The van der Waals surface area contributed by atoms with Crippen LogP contribution in [0.25, 0.3) is 0 Å². The van der Waals surface area contributed by atoms with Crippen molar-refractivity contribution in [3.05, 3.63) is 54.0 Å². The maximum absolute atomic E-state index is 13.7. The minimum Gasteiger partial charge on any atom is -0.459 e. The van der Waals surface area contributed by atoms with E-state index in [-0.39, 0.29) is 23.9 Å². The molecule has 2 saturated carbocycles. The zero-order chi connectivity index (χ0) is 22.5. The van der Waals surface area contributed by atoms with E-state index in [0.29, 0.717) is 5.76 Å². The van der Waals surface area contributed by atoms with Gasteiger partial charge < -0.3 is 19.5 Å². The van der Waals surface area contributed by atoms with Gasteiger partial charge in [0.05, 0.1) is 6.26 Å². The summed E-state index contributed by atoms with van der Waals surface area (Å²) in [4.78, 5) is 31.3. The number of nitrogens with one attached hydrogen (secondary N) is 1. The van der Waals surface area contributed by atoms with Gasteiger partial charge in [0.2, 0.25) is 5.91 Å². The van der Waals surface area contributed by atoms with Crippen molar-refractivity contribution in [3.63, 3.8) is 0 Å². The van der Waals surface area contributed by atoms with Crippen LogP contribution in [0.2, 0.25) is 0 Å². The molecule has 2 fully saturated rings. The van der Waals surface area contributed by atoms with Crippen LogP contribution in [-0.2, 0) is 4.79 Å². The number of amides is 2. The van der Waals surface area contributed by atoms with Crippen LogP contribution in [0.5, 0.6) is 0 Å². The third-order valence-electron chi connectivity index (χ3n) is 6.89. The third kappa shape index (κ3) is 5.00. The van der Waals surface area contributed by atoms with Gasteiger partial charge in [-0.05, 0) is 55.5 Å². The van der Waals surface area contributed by atoms with Gasteiger partial charge in [-0.15, -0.1) is 0 Å². The average molecular weight is 438 g/mol. The lowest BCUT2D eigenvalue weighted by Crippen LogP contribution is -2.50. The minimum atomic E-state index is -0.674. The number of nitrogens with zero attached hydrogens (tertiary/aromatic N) is 2. The lowest BCUT2D eigenvalue weighted by atomic mass is 9.91. The zero-order valence-corrected chi connectivity index (χ0v) is 19.3. The van der Waals surface area contributed by atoms with Gasteiger partial charge in [-0.3, -0.25) is 9.59 Å². The van der Waals surface area contributed by atoms with Gasteiger partial charge in [-0.25, -0.2) is 0 Å². The summed E-state index contributed by atoms with van der Waals surface area (Å²) in [6.45, 7) is 0. The molecule has 0 bridgehead atoms. The number of anilines is 1. The Bertz CT molecular complexity index is 880. The number of carbonyl (C=O) groups is 2. The normalized spacial score (nSPS) is 18.3. The Hall–Kier alpha value is -2.76. The van der Waals surface area contributed by atoms with Crippen molar-refractivity contribution in [1.82, 2.24) is 10.2 Å². The third-order valence-corrected chi connectivity index (χ3v) is 6.89. The molecule has 1 aromatic carbocycles. The molecule has 0 saturated heterocycles. The second-order valence-electron chi connectivity index (χ2n) is 9.36. The van der Waals surface area contributed by atoms with E-state index in [9.17, 15) is 9.59 Å². The number of carbonyl (C=O) groups excluding carboxylic acids is 2. The van der Waals surface area contributed by atoms with Gasteiger partial charge in [0.25, 0.3) is 5.91 Å². The highest BCUT2D eigenvalue weighted by atomic mass is 16.3. The molecule has 1 unspecified atom stereocenters. The summed E-state index contributed by atoms with van der Waals surface area (Å²) in [5.74, 6) is 0.00397. The van der Waals surface area contributed by atoms with Gasteiger partial charge in [-0.2, -0.15) is 0 Å². The van der Waals surface area contributed by atoms with Crippen LogP contribution in [0.15, 0.2) is 47.1 Å². The number of hydrogen-bond donors (Lipinski definition) is 1. The van der Waals surface area contributed by atoms with E-state index in [1.807, 2.05) is 48.2 Å². The molecule has 0 aliphatic heterocycles. The maximum atomic E-state index is 13.7. The van der Waals surface area contributed by atoms with E-state index < -0.39 is 6.04 Å². The van der Waals surface area contributed by atoms with Crippen LogP contribution in [0.1, 0.15) is 79.9 Å². The van der Waals surface area contributed by atoms with Crippen molar-refractivity contribution in [3.8, 4) is 0 Å². The molecule has 1 aromatic heterocycles. The summed E-state index contributed by atoms with van der Waals surface area (Å²) in [5, 5.41) is 3.26. The molecule has 1 atom stereocenters. The summed E-state index contributed by atoms with van der Waals surface area (Å²) in [6, 6.07) is 11.0. The molecule has 1 heterocycles. The molecular weight excluding hydrogens is 402 g/mol. The topological polar surface area (TPSA) is 65.8 Å². The van der Waals surface area contributed by atoms with Crippen LogP contribution < -0.4 is 10.2 Å². The first kappa shape index (κ1) is 22.4. The van der Waals surface area contributed by atoms with E-state index in [1.165, 1.54) is 12.7 Å². The number of benzene rings is 1. The summed E-state index contributed by atoms with van der Waals surface area (Å²) in [6.07, 6.45) is 11.0. The van der Waals surface area contributed by atoms with Crippen molar-refractivity contribution in [2.75, 3.05) is 19.0 Å². The lowest BCUT2D eigenvalue weighted by Gasteiger charge is -2.39. The molecular formula is C26H35N3O3. The Balaban J connectivity index is 1.72. The van der Waals surface area contributed by atoms with E-state index in [4.69, 9.17) is 4.42 Å². The molecule has 2 amide bonds. The molecule has 2 aromatic rings. The molecule has 2 aliphatic rings. The Morgan fingerprint density at radius 1 is 0.938 bits per heavy atom. The van der Waals surface area contributed by atoms with Crippen LogP contribution in [0, 0.1) is 0 Å². The summed E-state index contributed by atoms with van der Waals surface area (Å²) in [5.41, 5.74) is 1.90. The molecule has 0 spiro atoms. The number of rotatable bonds is 7. The quantitative estimate of drug-likeness (QED) is 0.668. The molecule has 6 heteroatoms. The highest BCUT2D eigenvalue weighted by Crippen LogP contribution is 2.33. The monoisotopic (exact) mass is 437 g/mol. The largest absolute Gasteiger partial charge is 0.459 e. The smallest absolute Gasteiger partial charge is 0.290 e. The predicted molar refractivity (Wildman–Crippen MR) is 126 cm³/mol. The van der Waals surface area contributed by atoms with Gasteiger partial charge in [-0.1, -0.05) is 44.2 Å². The molecule has 4 rings (SSSR count). The van der Waals surface area contributed by atoms with Crippen LogP contribution >= 0.6 is 0 Å². The van der Waals surface area contributed by atoms with Gasteiger partial charge in [0.1, 0.15) is 6.04 Å². The highest BCUT2D eigenvalue weighted by molar-refractivity contribution is 5.96. The Morgan fingerprint density at radius 3 is 2.19 bits per heavy atom. The molecule has 172 valence electrons. The summed E-state index contributed by atoms with van der Waals surface area (Å²) in [7, 11) is 3.99. The van der Waals surface area contributed by atoms with Crippen LogP contribution in [0.3, 0.4) is 0 Å². The SMILES string of the molecule is CN(C)c1ccc(C(C(=O)NC2CCCC2)N(C(=O)c2ccco2)C2CCCCC2)cc1. The van der Waals surface area contributed by atoms with Crippen molar-refractivity contribution in [2.45, 2.75) is 75.9 Å². The van der Waals surface area contributed by atoms with Crippen molar-refractivity contribution >= 4 is 17.5 Å². The first-order valence-electron chi connectivity index (χ1n) is 12.0. The second-order valence-corrected chi connectivity index (χ2v) is 9.36. The average Bonchev–Trinajstić information content (AvgIpc) is 3.52. The van der Waals surface area contributed by atoms with Crippen LogP contribution in [-0.4, -0.2) is 42.9 Å². The Labute approximate surface area is 191 Å². The Kier molecular flexibility index (Phi) is 7.18. The first-order chi connectivity index (χ1) is 15.5. The van der Waals surface area contributed by atoms with E-state index >= 15 is 0 Å². The zero-order valence-electron chi connectivity index (χ0n) is 19.3. The van der Waals surface area contributed by atoms with E-state index in [0.717, 1.165) is 62.6 Å². The fourth-order valence-electron chi connectivity index (χ4n) is 5.12. The summed E-state index contributed by atoms with van der Waals surface area (Å²) >= 11 is 0. The standard InChI is InChI=1S/C26H35N3O3/c1-28(2)21-16-14-19(15-17-21)24(25(30)27-20-9-6-7-10-20)29(22-11-4-3-5-12-22)26(31)23-13-8-18-32-23/h8,13-18,20,22,24H,3-7,9-12H2,1-2H3,(H,27,30). The Morgan fingerprint density at radius 2 is 1.59 bits per heavy atom. The fraction of sp³-hybridized carbons (Fsp3) is 0.538. The molecule has 2 aliphatic carbocycles. The highest BCUT2D eigenvalue weighted by Gasteiger charge is 2.39. The fourth-order valence-corrected chi connectivity index (χ4v) is 5.12. The first-order valence-corrected chi connectivity index (χ1v) is 12.0. The molecule has 1 N–H and O–H groups in total. The van der Waals surface area contributed by atoms with Crippen molar-refractivity contribution in [1.29, 1.82) is 0 Å². The predicted octanol–water partition coefficient (Wildman–Crippen LogP) is 4.92.